The Morgan fingerprint density at radius 3 is 2.60 bits per heavy atom. The van der Waals surface area contributed by atoms with Gasteiger partial charge in [0.2, 0.25) is 5.91 Å². The van der Waals surface area contributed by atoms with E-state index < -0.39 is 0 Å². The number of halogens is 1. The number of carbonyl (C=O) groups excluding carboxylic acids is 1. The highest BCUT2D eigenvalue weighted by Crippen LogP contribution is 2.15. The van der Waals surface area contributed by atoms with Crippen molar-refractivity contribution < 1.29 is 4.79 Å². The third kappa shape index (κ3) is 4.83. The van der Waals surface area contributed by atoms with Gasteiger partial charge in [0.1, 0.15) is 0 Å². The Labute approximate surface area is 126 Å². The number of nitrogens with two attached hydrogens (primary N) is 1. The summed E-state index contributed by atoms with van der Waals surface area (Å²) < 4.78 is 0. The lowest BCUT2D eigenvalue weighted by Crippen LogP contribution is -2.29. The lowest BCUT2D eigenvalue weighted by Gasteiger charge is -2.08. The van der Waals surface area contributed by atoms with Crippen molar-refractivity contribution in [2.24, 2.45) is 5.73 Å². The summed E-state index contributed by atoms with van der Waals surface area (Å²) in [6.07, 6.45) is 1.23. The molecule has 1 amide bonds. The quantitative estimate of drug-likeness (QED) is 0.890. The second-order valence-electron chi connectivity index (χ2n) is 4.97. The van der Waals surface area contributed by atoms with Crippen molar-refractivity contribution in [3.63, 3.8) is 0 Å². The Bertz CT molecular complexity index is 569. The van der Waals surface area contributed by atoms with Gasteiger partial charge >= 0.3 is 0 Å². The van der Waals surface area contributed by atoms with Gasteiger partial charge in [0.15, 0.2) is 0 Å². The van der Waals surface area contributed by atoms with E-state index in [0.29, 0.717) is 13.0 Å². The number of carbonyl (C=O) groups is 1. The molecule has 0 heterocycles. The fourth-order valence-electron chi connectivity index (χ4n) is 2.04. The first-order valence-corrected chi connectivity index (χ1v) is 6.65. The highest BCUT2D eigenvalue weighted by atomic mass is 35.5. The molecular formula is C16H21ClN2O. The van der Waals surface area contributed by atoms with Gasteiger partial charge in [-0.3, -0.25) is 4.79 Å². The van der Waals surface area contributed by atoms with Crippen molar-refractivity contribution in [3.8, 4) is 0 Å². The van der Waals surface area contributed by atoms with Gasteiger partial charge in [0.05, 0.1) is 6.42 Å². The minimum Gasteiger partial charge on any atom is -0.356 e. The van der Waals surface area contributed by atoms with Crippen molar-refractivity contribution in [1.29, 1.82) is 0 Å². The number of benzene rings is 2. The molecule has 3 N–H and O–H groups in total. The second kappa shape index (κ2) is 7.88. The predicted octanol–water partition coefficient (Wildman–Crippen LogP) is 2.66. The van der Waals surface area contributed by atoms with Gasteiger partial charge in [-0.15, -0.1) is 12.4 Å². The molecule has 4 heteroatoms. The zero-order valence-electron chi connectivity index (χ0n) is 11.6. The molecule has 0 spiro atoms. The first-order chi connectivity index (χ1) is 9.15. The van der Waals surface area contributed by atoms with Crippen LogP contribution in [-0.2, 0) is 11.2 Å². The standard InChI is InChI=1S/C16H20N2O.ClH/c1-12(17)8-9-18-16(19)11-13-6-7-14-4-2-3-5-15(14)10-13;/h2-7,10,12H,8-9,11,17H2,1H3,(H,18,19);1H. The van der Waals surface area contributed by atoms with Crippen molar-refractivity contribution in [2.45, 2.75) is 25.8 Å². The Morgan fingerprint density at radius 1 is 1.20 bits per heavy atom. The molecule has 3 nitrogen and oxygen atoms in total. The SMILES string of the molecule is CC(N)CCNC(=O)Cc1ccc2ccccc2c1.Cl. The summed E-state index contributed by atoms with van der Waals surface area (Å²) in [4.78, 5) is 11.8. The molecule has 1 unspecified atom stereocenters. The van der Waals surface area contributed by atoms with Crippen LogP contribution >= 0.6 is 12.4 Å². The van der Waals surface area contributed by atoms with Crippen molar-refractivity contribution in [3.05, 3.63) is 48.0 Å². The first-order valence-electron chi connectivity index (χ1n) is 6.65. The van der Waals surface area contributed by atoms with Gasteiger partial charge in [0.25, 0.3) is 0 Å². The van der Waals surface area contributed by atoms with E-state index in [0.717, 1.165) is 12.0 Å². The molecule has 0 radical (unpaired) electrons. The number of nitrogens with one attached hydrogen (secondary N) is 1. The number of fused-ring (bicyclic) bond motifs is 1. The fourth-order valence-corrected chi connectivity index (χ4v) is 2.04. The highest BCUT2D eigenvalue weighted by molar-refractivity contribution is 5.85. The van der Waals surface area contributed by atoms with Crippen LogP contribution < -0.4 is 11.1 Å². The van der Waals surface area contributed by atoms with E-state index >= 15 is 0 Å². The zero-order valence-corrected chi connectivity index (χ0v) is 12.5. The van der Waals surface area contributed by atoms with E-state index in [-0.39, 0.29) is 24.4 Å². The Hall–Kier alpha value is -1.58. The molecule has 0 aliphatic rings. The monoisotopic (exact) mass is 292 g/mol. The molecule has 0 bridgehead atoms. The largest absolute Gasteiger partial charge is 0.356 e. The maximum absolute atomic E-state index is 11.8. The van der Waals surface area contributed by atoms with Gasteiger partial charge in [-0.25, -0.2) is 0 Å². The van der Waals surface area contributed by atoms with Crippen LogP contribution in [0.15, 0.2) is 42.5 Å². The topological polar surface area (TPSA) is 55.1 Å². The number of hydrogen-bond donors (Lipinski definition) is 2. The Morgan fingerprint density at radius 2 is 1.90 bits per heavy atom. The normalized spacial score (nSPS) is 11.7. The maximum Gasteiger partial charge on any atom is 0.224 e. The first kappa shape index (κ1) is 16.5. The van der Waals surface area contributed by atoms with Crippen LogP contribution in [0.4, 0.5) is 0 Å². The molecule has 2 aromatic rings. The third-order valence-electron chi connectivity index (χ3n) is 3.10. The summed E-state index contributed by atoms with van der Waals surface area (Å²) in [6, 6.07) is 14.4. The highest BCUT2D eigenvalue weighted by Gasteiger charge is 2.04. The van der Waals surface area contributed by atoms with Crippen molar-refractivity contribution in [1.82, 2.24) is 5.32 Å². The summed E-state index contributed by atoms with van der Waals surface area (Å²) in [5, 5.41) is 5.26. The molecule has 2 rings (SSSR count). The van der Waals surface area contributed by atoms with Gasteiger partial charge in [-0.2, -0.15) is 0 Å². The van der Waals surface area contributed by atoms with E-state index in [1.165, 1.54) is 10.8 Å². The lowest BCUT2D eigenvalue weighted by molar-refractivity contribution is -0.120. The van der Waals surface area contributed by atoms with Crippen LogP contribution in [0.3, 0.4) is 0 Å². The summed E-state index contributed by atoms with van der Waals surface area (Å²) in [6.45, 7) is 2.58. The molecule has 108 valence electrons. The summed E-state index contributed by atoms with van der Waals surface area (Å²) >= 11 is 0. The molecular weight excluding hydrogens is 272 g/mol. The average molecular weight is 293 g/mol. The third-order valence-corrected chi connectivity index (χ3v) is 3.10. The summed E-state index contributed by atoms with van der Waals surface area (Å²) in [5.41, 5.74) is 6.68. The van der Waals surface area contributed by atoms with Crippen LogP contribution in [-0.4, -0.2) is 18.5 Å². The van der Waals surface area contributed by atoms with Gasteiger partial charge in [0, 0.05) is 12.6 Å². The molecule has 0 aromatic heterocycles. The minimum absolute atomic E-state index is 0. The predicted molar refractivity (Wildman–Crippen MR) is 86.2 cm³/mol. The molecule has 0 aliphatic heterocycles. The number of rotatable bonds is 5. The van der Waals surface area contributed by atoms with Crippen molar-refractivity contribution in [2.75, 3.05) is 6.54 Å². The molecule has 0 saturated heterocycles. The second-order valence-corrected chi connectivity index (χ2v) is 4.97. The number of hydrogen-bond acceptors (Lipinski definition) is 2. The van der Waals surface area contributed by atoms with E-state index in [1.807, 2.05) is 25.1 Å². The van der Waals surface area contributed by atoms with Gasteiger partial charge < -0.3 is 11.1 Å². The van der Waals surface area contributed by atoms with E-state index in [4.69, 9.17) is 5.73 Å². The zero-order chi connectivity index (χ0) is 13.7. The summed E-state index contributed by atoms with van der Waals surface area (Å²) in [5.74, 6) is 0.0518. The fraction of sp³-hybridized carbons (Fsp3) is 0.312. The Kier molecular flexibility index (Phi) is 6.49. The maximum atomic E-state index is 11.8. The smallest absolute Gasteiger partial charge is 0.224 e. The van der Waals surface area contributed by atoms with Crippen LogP contribution in [0.1, 0.15) is 18.9 Å². The molecule has 20 heavy (non-hydrogen) atoms. The average Bonchev–Trinajstić information content (AvgIpc) is 2.38. The lowest BCUT2D eigenvalue weighted by atomic mass is 10.0. The Balaban J connectivity index is 0.00000200. The van der Waals surface area contributed by atoms with E-state index in [9.17, 15) is 4.79 Å². The minimum atomic E-state index is 0. The van der Waals surface area contributed by atoms with Crippen molar-refractivity contribution >= 4 is 29.1 Å². The molecule has 2 aromatic carbocycles. The van der Waals surface area contributed by atoms with Gasteiger partial charge in [-0.1, -0.05) is 42.5 Å². The summed E-state index contributed by atoms with van der Waals surface area (Å²) in [7, 11) is 0. The van der Waals surface area contributed by atoms with Crippen LogP contribution in [0, 0.1) is 0 Å². The van der Waals surface area contributed by atoms with E-state index in [2.05, 4.69) is 29.6 Å². The van der Waals surface area contributed by atoms with Crippen LogP contribution in [0.25, 0.3) is 10.8 Å². The van der Waals surface area contributed by atoms with Gasteiger partial charge in [-0.05, 0) is 29.7 Å². The molecule has 0 aliphatic carbocycles. The van der Waals surface area contributed by atoms with Crippen LogP contribution in [0.2, 0.25) is 0 Å². The molecule has 0 fully saturated rings. The van der Waals surface area contributed by atoms with E-state index in [1.54, 1.807) is 0 Å². The number of amides is 1. The molecule has 0 saturated carbocycles. The molecule has 1 atom stereocenters. The van der Waals surface area contributed by atoms with Crippen LogP contribution in [0.5, 0.6) is 0 Å².